The number of piperidine rings is 1. The van der Waals surface area contributed by atoms with Gasteiger partial charge in [-0.25, -0.2) is 0 Å². The van der Waals surface area contributed by atoms with E-state index in [1.807, 2.05) is 35.4 Å². The number of primary amides is 1. The standard InChI is InChI=1S/C16H19N3O2/c17-14(20)9-11-3-2-8-19(10-11)16(21)13-5-1-4-12-6-7-18-15(12)13/h1,4-7,11,18H,2-3,8-10H2,(H2,17,20). The zero-order valence-electron chi connectivity index (χ0n) is 11.8. The highest BCUT2D eigenvalue weighted by Gasteiger charge is 2.26. The highest BCUT2D eigenvalue weighted by atomic mass is 16.2. The molecule has 2 aromatic rings. The van der Waals surface area contributed by atoms with Crippen LogP contribution in [-0.4, -0.2) is 34.8 Å². The van der Waals surface area contributed by atoms with E-state index < -0.39 is 0 Å². The Morgan fingerprint density at radius 1 is 1.33 bits per heavy atom. The largest absolute Gasteiger partial charge is 0.370 e. The lowest BCUT2D eigenvalue weighted by Crippen LogP contribution is -2.41. The molecule has 1 atom stereocenters. The third-order valence-electron chi connectivity index (χ3n) is 4.11. The Bertz CT molecular complexity index is 677. The van der Waals surface area contributed by atoms with Gasteiger partial charge in [0.25, 0.3) is 5.91 Å². The van der Waals surface area contributed by atoms with E-state index in [4.69, 9.17) is 5.73 Å². The van der Waals surface area contributed by atoms with E-state index in [0.29, 0.717) is 18.5 Å². The molecule has 1 aliphatic rings. The molecule has 21 heavy (non-hydrogen) atoms. The van der Waals surface area contributed by atoms with Crippen LogP contribution in [0.15, 0.2) is 30.5 Å². The molecule has 1 aromatic heterocycles. The lowest BCUT2D eigenvalue weighted by atomic mass is 9.94. The summed E-state index contributed by atoms with van der Waals surface area (Å²) in [7, 11) is 0. The first kappa shape index (κ1) is 13.7. The van der Waals surface area contributed by atoms with Crippen molar-refractivity contribution in [2.75, 3.05) is 13.1 Å². The number of para-hydroxylation sites is 1. The summed E-state index contributed by atoms with van der Waals surface area (Å²) in [4.78, 5) is 28.8. The van der Waals surface area contributed by atoms with Crippen LogP contribution in [0.3, 0.4) is 0 Å². The summed E-state index contributed by atoms with van der Waals surface area (Å²) >= 11 is 0. The summed E-state index contributed by atoms with van der Waals surface area (Å²) in [5, 5.41) is 1.03. The van der Waals surface area contributed by atoms with Gasteiger partial charge in [0, 0.05) is 31.1 Å². The van der Waals surface area contributed by atoms with Gasteiger partial charge in [0.05, 0.1) is 11.1 Å². The number of rotatable bonds is 3. The molecule has 5 nitrogen and oxygen atoms in total. The molecule has 1 fully saturated rings. The van der Waals surface area contributed by atoms with Gasteiger partial charge in [0.1, 0.15) is 0 Å². The fourth-order valence-electron chi connectivity index (χ4n) is 3.13. The van der Waals surface area contributed by atoms with Crippen LogP contribution in [0, 0.1) is 5.92 Å². The third-order valence-corrected chi connectivity index (χ3v) is 4.11. The molecule has 0 aliphatic carbocycles. The SMILES string of the molecule is NC(=O)CC1CCCN(C(=O)c2cccc3cc[nH]c23)C1. The van der Waals surface area contributed by atoms with Crippen LogP contribution in [0.25, 0.3) is 10.9 Å². The van der Waals surface area contributed by atoms with Crippen LogP contribution in [0.4, 0.5) is 0 Å². The number of fused-ring (bicyclic) bond motifs is 1. The summed E-state index contributed by atoms with van der Waals surface area (Å²) in [6.45, 7) is 1.35. The fourth-order valence-corrected chi connectivity index (χ4v) is 3.13. The van der Waals surface area contributed by atoms with Crippen molar-refractivity contribution in [3.63, 3.8) is 0 Å². The van der Waals surface area contributed by atoms with E-state index in [-0.39, 0.29) is 17.7 Å². The lowest BCUT2D eigenvalue weighted by molar-refractivity contribution is -0.119. The van der Waals surface area contributed by atoms with Gasteiger partial charge in [-0.05, 0) is 30.9 Å². The molecule has 0 saturated carbocycles. The van der Waals surface area contributed by atoms with Crippen molar-refractivity contribution in [3.8, 4) is 0 Å². The van der Waals surface area contributed by atoms with E-state index in [2.05, 4.69) is 4.98 Å². The average Bonchev–Trinajstić information content (AvgIpc) is 2.94. The highest BCUT2D eigenvalue weighted by Crippen LogP contribution is 2.24. The second-order valence-corrected chi connectivity index (χ2v) is 5.68. The Kier molecular flexibility index (Phi) is 3.64. The molecule has 0 radical (unpaired) electrons. The molecule has 2 amide bonds. The van der Waals surface area contributed by atoms with Crippen molar-refractivity contribution in [2.45, 2.75) is 19.3 Å². The van der Waals surface area contributed by atoms with Crippen molar-refractivity contribution >= 4 is 22.7 Å². The smallest absolute Gasteiger partial charge is 0.255 e. The molecule has 0 spiro atoms. The molecule has 110 valence electrons. The molecule has 2 heterocycles. The fraction of sp³-hybridized carbons (Fsp3) is 0.375. The molecule has 3 N–H and O–H groups in total. The number of aromatic amines is 1. The van der Waals surface area contributed by atoms with Gasteiger partial charge in [-0.3, -0.25) is 9.59 Å². The number of nitrogens with two attached hydrogens (primary N) is 1. The van der Waals surface area contributed by atoms with Crippen LogP contribution in [0.2, 0.25) is 0 Å². The topological polar surface area (TPSA) is 79.2 Å². The van der Waals surface area contributed by atoms with Gasteiger partial charge < -0.3 is 15.6 Å². The average molecular weight is 285 g/mol. The van der Waals surface area contributed by atoms with Crippen LogP contribution < -0.4 is 5.73 Å². The maximum absolute atomic E-state index is 12.7. The number of hydrogen-bond donors (Lipinski definition) is 2. The van der Waals surface area contributed by atoms with E-state index in [9.17, 15) is 9.59 Å². The van der Waals surface area contributed by atoms with Crippen LogP contribution >= 0.6 is 0 Å². The Labute approximate surface area is 123 Å². The molecule has 1 unspecified atom stereocenters. The van der Waals surface area contributed by atoms with Gasteiger partial charge in [0.2, 0.25) is 5.91 Å². The number of carbonyl (C=O) groups is 2. The summed E-state index contributed by atoms with van der Waals surface area (Å²) < 4.78 is 0. The number of benzene rings is 1. The van der Waals surface area contributed by atoms with Crippen molar-refractivity contribution < 1.29 is 9.59 Å². The molecular weight excluding hydrogens is 266 g/mol. The van der Waals surface area contributed by atoms with Gasteiger partial charge in [-0.2, -0.15) is 0 Å². The maximum Gasteiger partial charge on any atom is 0.255 e. The number of aromatic nitrogens is 1. The predicted octanol–water partition coefficient (Wildman–Crippen LogP) is 1.90. The van der Waals surface area contributed by atoms with Gasteiger partial charge in [-0.15, -0.1) is 0 Å². The van der Waals surface area contributed by atoms with Crippen molar-refractivity contribution in [1.82, 2.24) is 9.88 Å². The van der Waals surface area contributed by atoms with Crippen LogP contribution in [0.5, 0.6) is 0 Å². The first-order valence-electron chi connectivity index (χ1n) is 7.29. The van der Waals surface area contributed by atoms with E-state index in [1.165, 1.54) is 0 Å². The Morgan fingerprint density at radius 3 is 3.00 bits per heavy atom. The molecule has 5 heteroatoms. The number of carbonyl (C=O) groups excluding carboxylic acids is 2. The summed E-state index contributed by atoms with van der Waals surface area (Å²) in [6, 6.07) is 7.68. The van der Waals surface area contributed by atoms with E-state index >= 15 is 0 Å². The Morgan fingerprint density at radius 2 is 2.19 bits per heavy atom. The van der Waals surface area contributed by atoms with Crippen molar-refractivity contribution in [1.29, 1.82) is 0 Å². The zero-order valence-corrected chi connectivity index (χ0v) is 11.8. The normalized spacial score (nSPS) is 18.9. The Balaban J connectivity index is 1.81. The van der Waals surface area contributed by atoms with Crippen molar-refractivity contribution in [2.24, 2.45) is 11.7 Å². The number of hydrogen-bond acceptors (Lipinski definition) is 2. The van der Waals surface area contributed by atoms with Crippen LogP contribution in [0.1, 0.15) is 29.6 Å². The van der Waals surface area contributed by atoms with Crippen LogP contribution in [-0.2, 0) is 4.79 Å². The number of H-pyrrole nitrogens is 1. The first-order chi connectivity index (χ1) is 10.1. The predicted molar refractivity (Wildman–Crippen MR) is 80.7 cm³/mol. The third kappa shape index (κ3) is 2.77. The number of likely N-dealkylation sites (tertiary alicyclic amines) is 1. The number of nitrogens with one attached hydrogen (secondary N) is 1. The number of amides is 2. The molecule has 3 rings (SSSR count). The van der Waals surface area contributed by atoms with E-state index in [1.54, 1.807) is 0 Å². The highest BCUT2D eigenvalue weighted by molar-refractivity contribution is 6.05. The second kappa shape index (κ2) is 5.60. The van der Waals surface area contributed by atoms with Gasteiger partial charge in [-0.1, -0.05) is 12.1 Å². The zero-order chi connectivity index (χ0) is 14.8. The Hall–Kier alpha value is -2.30. The number of nitrogens with zero attached hydrogens (tertiary/aromatic N) is 1. The second-order valence-electron chi connectivity index (χ2n) is 5.68. The maximum atomic E-state index is 12.7. The van der Waals surface area contributed by atoms with E-state index in [0.717, 1.165) is 30.3 Å². The monoisotopic (exact) mass is 285 g/mol. The summed E-state index contributed by atoms with van der Waals surface area (Å²) in [5.74, 6) is -0.0824. The minimum absolute atomic E-state index is 0.0252. The summed E-state index contributed by atoms with van der Waals surface area (Å²) in [6.07, 6.45) is 4.08. The van der Waals surface area contributed by atoms with Crippen molar-refractivity contribution in [3.05, 3.63) is 36.0 Å². The molecule has 1 saturated heterocycles. The molecule has 1 aromatic carbocycles. The lowest BCUT2D eigenvalue weighted by Gasteiger charge is -2.32. The molecule has 1 aliphatic heterocycles. The first-order valence-corrected chi connectivity index (χ1v) is 7.29. The minimum atomic E-state index is -0.291. The molecular formula is C16H19N3O2. The van der Waals surface area contributed by atoms with Gasteiger partial charge in [0.15, 0.2) is 0 Å². The minimum Gasteiger partial charge on any atom is -0.370 e. The molecule has 0 bridgehead atoms. The quantitative estimate of drug-likeness (QED) is 0.903. The summed E-state index contributed by atoms with van der Waals surface area (Å²) in [5.41, 5.74) is 6.84. The van der Waals surface area contributed by atoms with Gasteiger partial charge >= 0.3 is 0 Å².